The van der Waals surface area contributed by atoms with E-state index in [1.165, 1.54) is 0 Å². The standard InChI is InChI=1S/C17H26BrNO2/c1-16(2,3)19-12-17(8-10-20-13-17)9-11-21-15-6-4-14(18)5-7-15/h4-7,19H,8-13H2,1-3H3. The number of halogens is 1. The van der Waals surface area contributed by atoms with Crippen LogP contribution in [0.25, 0.3) is 0 Å². The van der Waals surface area contributed by atoms with Gasteiger partial charge in [0.1, 0.15) is 5.75 Å². The average Bonchev–Trinajstić information content (AvgIpc) is 2.88. The zero-order valence-corrected chi connectivity index (χ0v) is 14.8. The van der Waals surface area contributed by atoms with Crippen LogP contribution in [0.2, 0.25) is 0 Å². The maximum absolute atomic E-state index is 5.88. The second-order valence-electron chi connectivity index (χ2n) is 6.96. The average molecular weight is 356 g/mol. The summed E-state index contributed by atoms with van der Waals surface area (Å²) in [5.74, 6) is 0.927. The van der Waals surface area contributed by atoms with Gasteiger partial charge in [0.05, 0.1) is 13.2 Å². The van der Waals surface area contributed by atoms with Gasteiger partial charge in [-0.3, -0.25) is 0 Å². The van der Waals surface area contributed by atoms with Crippen molar-refractivity contribution in [3.63, 3.8) is 0 Å². The maximum Gasteiger partial charge on any atom is 0.119 e. The number of rotatable bonds is 6. The fourth-order valence-corrected chi connectivity index (χ4v) is 2.71. The molecular formula is C17H26BrNO2. The first kappa shape index (κ1) is 16.8. The number of hydrogen-bond acceptors (Lipinski definition) is 3. The molecule has 1 heterocycles. The summed E-state index contributed by atoms with van der Waals surface area (Å²) in [5.41, 5.74) is 0.352. The molecule has 1 aromatic carbocycles. The lowest BCUT2D eigenvalue weighted by Crippen LogP contribution is -2.45. The normalized spacial score (nSPS) is 22.5. The van der Waals surface area contributed by atoms with E-state index in [-0.39, 0.29) is 11.0 Å². The highest BCUT2D eigenvalue weighted by atomic mass is 79.9. The number of nitrogens with one attached hydrogen (secondary N) is 1. The van der Waals surface area contributed by atoms with Gasteiger partial charge in [0.25, 0.3) is 0 Å². The van der Waals surface area contributed by atoms with Crippen LogP contribution in [0.3, 0.4) is 0 Å². The number of hydrogen-bond donors (Lipinski definition) is 1. The fraction of sp³-hybridized carbons (Fsp3) is 0.647. The molecule has 0 bridgehead atoms. The molecule has 0 saturated carbocycles. The zero-order valence-electron chi connectivity index (χ0n) is 13.2. The lowest BCUT2D eigenvalue weighted by molar-refractivity contribution is 0.123. The molecule has 0 aliphatic carbocycles. The molecule has 1 fully saturated rings. The van der Waals surface area contributed by atoms with Gasteiger partial charge in [-0.15, -0.1) is 0 Å². The zero-order chi connectivity index (χ0) is 15.3. The molecule has 1 N–H and O–H groups in total. The second kappa shape index (κ2) is 7.12. The van der Waals surface area contributed by atoms with Crippen molar-refractivity contribution in [3.05, 3.63) is 28.7 Å². The molecule has 1 aliphatic rings. The van der Waals surface area contributed by atoms with E-state index in [4.69, 9.17) is 9.47 Å². The molecule has 4 heteroatoms. The summed E-state index contributed by atoms with van der Waals surface area (Å²) in [5, 5.41) is 3.62. The van der Waals surface area contributed by atoms with Crippen molar-refractivity contribution in [1.82, 2.24) is 5.32 Å². The summed E-state index contributed by atoms with van der Waals surface area (Å²) in [4.78, 5) is 0. The molecule has 2 rings (SSSR count). The molecule has 1 saturated heterocycles. The number of ether oxygens (including phenoxy) is 2. The summed E-state index contributed by atoms with van der Waals surface area (Å²) in [6, 6.07) is 8.00. The summed E-state index contributed by atoms with van der Waals surface area (Å²) < 4.78 is 12.6. The van der Waals surface area contributed by atoms with Crippen molar-refractivity contribution in [2.75, 3.05) is 26.4 Å². The van der Waals surface area contributed by atoms with Crippen LogP contribution >= 0.6 is 15.9 Å². The molecule has 21 heavy (non-hydrogen) atoms. The van der Waals surface area contributed by atoms with Gasteiger partial charge in [-0.1, -0.05) is 15.9 Å². The van der Waals surface area contributed by atoms with Gasteiger partial charge in [-0.05, 0) is 57.9 Å². The molecule has 0 radical (unpaired) electrons. The Hall–Kier alpha value is -0.580. The molecule has 118 valence electrons. The van der Waals surface area contributed by atoms with E-state index in [2.05, 4.69) is 42.0 Å². The lowest BCUT2D eigenvalue weighted by atomic mass is 9.83. The quantitative estimate of drug-likeness (QED) is 0.835. The molecule has 0 aromatic heterocycles. The predicted molar refractivity (Wildman–Crippen MR) is 89.9 cm³/mol. The minimum absolute atomic E-state index is 0.141. The predicted octanol–water partition coefficient (Wildman–Crippen LogP) is 4.01. The molecule has 1 aromatic rings. The van der Waals surface area contributed by atoms with E-state index in [0.29, 0.717) is 0 Å². The molecule has 1 aliphatic heterocycles. The fourth-order valence-electron chi connectivity index (χ4n) is 2.44. The lowest BCUT2D eigenvalue weighted by Gasteiger charge is -2.32. The first-order valence-electron chi connectivity index (χ1n) is 7.60. The highest BCUT2D eigenvalue weighted by Crippen LogP contribution is 2.32. The van der Waals surface area contributed by atoms with Crippen LogP contribution in [0.4, 0.5) is 0 Å². The maximum atomic E-state index is 5.88. The first-order valence-corrected chi connectivity index (χ1v) is 8.39. The third kappa shape index (κ3) is 5.61. The Kier molecular flexibility index (Phi) is 5.69. The molecule has 3 nitrogen and oxygen atoms in total. The van der Waals surface area contributed by atoms with Gasteiger partial charge in [0.15, 0.2) is 0 Å². The van der Waals surface area contributed by atoms with E-state index in [9.17, 15) is 0 Å². The van der Waals surface area contributed by atoms with Crippen LogP contribution in [0.15, 0.2) is 28.7 Å². The van der Waals surface area contributed by atoms with Crippen LogP contribution in [0, 0.1) is 5.41 Å². The summed E-state index contributed by atoms with van der Waals surface area (Å²) in [7, 11) is 0. The molecule has 1 atom stereocenters. The Morgan fingerprint density at radius 1 is 1.29 bits per heavy atom. The van der Waals surface area contributed by atoms with Crippen molar-refractivity contribution in [1.29, 1.82) is 0 Å². The van der Waals surface area contributed by atoms with Crippen LogP contribution in [0.1, 0.15) is 33.6 Å². The van der Waals surface area contributed by atoms with Crippen LogP contribution in [0.5, 0.6) is 5.75 Å². The number of benzene rings is 1. The van der Waals surface area contributed by atoms with Gasteiger partial charge in [0, 0.05) is 28.6 Å². The van der Waals surface area contributed by atoms with Gasteiger partial charge in [0.2, 0.25) is 0 Å². The second-order valence-corrected chi connectivity index (χ2v) is 7.87. The minimum Gasteiger partial charge on any atom is -0.494 e. The summed E-state index contributed by atoms with van der Waals surface area (Å²) >= 11 is 3.43. The Balaban J connectivity index is 1.84. The van der Waals surface area contributed by atoms with Crippen molar-refractivity contribution < 1.29 is 9.47 Å². The summed E-state index contributed by atoms with van der Waals surface area (Å²) in [6.45, 7) is 10.0. The highest BCUT2D eigenvalue weighted by molar-refractivity contribution is 9.10. The minimum atomic E-state index is 0.141. The van der Waals surface area contributed by atoms with Crippen molar-refractivity contribution in [2.45, 2.75) is 39.2 Å². The SMILES string of the molecule is CC(C)(C)NCC1(CCOc2ccc(Br)cc2)CCOC1. The largest absolute Gasteiger partial charge is 0.494 e. The van der Waals surface area contributed by atoms with Crippen molar-refractivity contribution in [3.8, 4) is 5.75 Å². The van der Waals surface area contributed by atoms with Crippen molar-refractivity contribution >= 4 is 15.9 Å². The van der Waals surface area contributed by atoms with E-state index >= 15 is 0 Å². The summed E-state index contributed by atoms with van der Waals surface area (Å²) in [6.07, 6.45) is 2.13. The third-order valence-electron chi connectivity index (χ3n) is 3.89. The monoisotopic (exact) mass is 355 g/mol. The van der Waals surface area contributed by atoms with Crippen LogP contribution in [-0.4, -0.2) is 31.9 Å². The Labute approximate surface area is 136 Å². The van der Waals surface area contributed by atoms with Crippen LogP contribution in [-0.2, 0) is 4.74 Å². The van der Waals surface area contributed by atoms with Crippen LogP contribution < -0.4 is 10.1 Å². The molecule has 0 spiro atoms. The molecular weight excluding hydrogens is 330 g/mol. The first-order chi connectivity index (χ1) is 9.89. The smallest absolute Gasteiger partial charge is 0.119 e. The van der Waals surface area contributed by atoms with Gasteiger partial charge in [-0.25, -0.2) is 0 Å². The highest BCUT2D eigenvalue weighted by Gasteiger charge is 2.35. The molecule has 0 amide bonds. The van der Waals surface area contributed by atoms with Gasteiger partial charge >= 0.3 is 0 Å². The Morgan fingerprint density at radius 3 is 2.57 bits per heavy atom. The van der Waals surface area contributed by atoms with Gasteiger partial charge < -0.3 is 14.8 Å². The van der Waals surface area contributed by atoms with E-state index in [0.717, 1.165) is 49.4 Å². The van der Waals surface area contributed by atoms with Gasteiger partial charge in [-0.2, -0.15) is 0 Å². The van der Waals surface area contributed by atoms with Crippen molar-refractivity contribution in [2.24, 2.45) is 5.41 Å². The topological polar surface area (TPSA) is 30.5 Å². The third-order valence-corrected chi connectivity index (χ3v) is 4.42. The van der Waals surface area contributed by atoms with E-state index < -0.39 is 0 Å². The Bertz CT molecular complexity index is 433. The Morgan fingerprint density at radius 2 is 2.00 bits per heavy atom. The van der Waals surface area contributed by atoms with E-state index in [1.807, 2.05) is 24.3 Å². The molecule has 1 unspecified atom stereocenters. The van der Waals surface area contributed by atoms with E-state index in [1.54, 1.807) is 0 Å².